The highest BCUT2D eigenvalue weighted by atomic mass is 35.6. The van der Waals surface area contributed by atoms with E-state index in [1.165, 1.54) is 11.3 Å². The van der Waals surface area contributed by atoms with Crippen molar-refractivity contribution in [3.63, 3.8) is 0 Å². The maximum atomic E-state index is 10.9. The van der Waals surface area contributed by atoms with Crippen LogP contribution in [0.4, 0.5) is 11.4 Å². The molecule has 1 aliphatic rings. The number of thiazole rings is 1. The lowest BCUT2D eigenvalue weighted by Crippen LogP contribution is -2.27. The Kier molecular flexibility index (Phi) is 11.6. The lowest BCUT2D eigenvalue weighted by atomic mass is 10.2. The van der Waals surface area contributed by atoms with Gasteiger partial charge in [-0.1, -0.05) is 87.5 Å². The Balaban J connectivity index is 1.20. The molecule has 9 nitrogen and oxygen atoms in total. The van der Waals surface area contributed by atoms with Crippen molar-refractivity contribution in [2.75, 3.05) is 36.3 Å². The molecule has 47 heavy (non-hydrogen) atoms. The van der Waals surface area contributed by atoms with E-state index >= 15 is 0 Å². The Bertz CT molecular complexity index is 1800. The van der Waals surface area contributed by atoms with Gasteiger partial charge in [0.1, 0.15) is 5.75 Å². The van der Waals surface area contributed by atoms with E-state index in [1.807, 2.05) is 12.1 Å². The van der Waals surface area contributed by atoms with E-state index in [0.717, 1.165) is 30.3 Å². The molecule has 0 saturated carbocycles. The first-order chi connectivity index (χ1) is 22.3. The van der Waals surface area contributed by atoms with Crippen LogP contribution in [-0.2, 0) is 18.9 Å². The molecule has 0 bridgehead atoms. The van der Waals surface area contributed by atoms with Crippen LogP contribution < -0.4 is 14.5 Å². The number of aromatic hydroxyl groups is 1. The summed E-state index contributed by atoms with van der Waals surface area (Å²) in [4.78, 5) is 17.4. The van der Waals surface area contributed by atoms with Crippen molar-refractivity contribution in [2.24, 2.45) is 0 Å². The number of nitrogens with zero attached hydrogens (tertiary/aromatic N) is 6. The van der Waals surface area contributed by atoms with Crippen LogP contribution in [0.2, 0.25) is 0 Å². The molecule has 0 atom stereocenters. The predicted molar refractivity (Wildman–Crippen MR) is 194 cm³/mol. The van der Waals surface area contributed by atoms with Crippen molar-refractivity contribution in [1.82, 2.24) is 19.5 Å². The van der Waals surface area contributed by atoms with Gasteiger partial charge in [-0.2, -0.15) is 0 Å². The second-order valence-electron chi connectivity index (χ2n) is 9.79. The fourth-order valence-electron chi connectivity index (χ4n) is 4.71. The van der Waals surface area contributed by atoms with Gasteiger partial charge in [0.15, 0.2) is 34.0 Å². The number of halogens is 6. The molecule has 2 aromatic heterocycles. The minimum atomic E-state index is -1.96. The number of hydrogen-bond donors (Lipinski definition) is 1. The van der Waals surface area contributed by atoms with E-state index in [1.54, 1.807) is 34.9 Å². The summed E-state index contributed by atoms with van der Waals surface area (Å²) in [5.41, 5.74) is 6.19. The summed E-state index contributed by atoms with van der Waals surface area (Å²) in [7, 11) is 0. The molecule has 3 heterocycles. The van der Waals surface area contributed by atoms with E-state index in [9.17, 15) is 5.11 Å². The summed E-state index contributed by atoms with van der Waals surface area (Å²) in [6.07, 6.45) is 1.78. The molecule has 2 aromatic carbocycles. The van der Waals surface area contributed by atoms with Crippen LogP contribution in [0.25, 0.3) is 17.5 Å². The average molecular weight is 795 g/mol. The number of benzene rings is 2. The SMILES string of the molecule is CCN1C(=C=Cc2sc(=S)n(CCOCOc3ccc(-c4nc(C(Cl)(Cl)Cl)nc(C(Cl)(Cl)Cl)n4)cc3)c2O)N(CC)c2ccccc21. The van der Waals surface area contributed by atoms with Gasteiger partial charge in [-0.3, -0.25) is 4.57 Å². The van der Waals surface area contributed by atoms with Gasteiger partial charge in [0.05, 0.1) is 29.4 Å². The highest BCUT2D eigenvalue weighted by Gasteiger charge is 2.34. The summed E-state index contributed by atoms with van der Waals surface area (Å²) in [6.45, 7) is 6.30. The molecule has 0 aliphatic carbocycles. The van der Waals surface area contributed by atoms with Gasteiger partial charge in [-0.15, -0.1) is 11.3 Å². The first kappa shape index (κ1) is 36.0. The molecule has 5 rings (SSSR count). The van der Waals surface area contributed by atoms with Crippen molar-refractivity contribution >= 4 is 111 Å². The summed E-state index contributed by atoms with van der Waals surface area (Å²) in [5.74, 6) is 1.25. The lowest BCUT2D eigenvalue weighted by Gasteiger charge is -2.21. The summed E-state index contributed by atoms with van der Waals surface area (Å²) in [5, 5.41) is 10.9. The maximum Gasteiger partial charge on any atom is 0.250 e. The van der Waals surface area contributed by atoms with Crippen LogP contribution in [0.1, 0.15) is 30.4 Å². The van der Waals surface area contributed by atoms with Crippen LogP contribution >= 0.6 is 93.2 Å². The molecule has 0 spiro atoms. The molecule has 0 radical (unpaired) electrons. The number of hydrogen-bond acceptors (Lipinski definition) is 10. The number of anilines is 2. The van der Waals surface area contributed by atoms with E-state index in [-0.39, 0.29) is 36.8 Å². The smallest absolute Gasteiger partial charge is 0.250 e. The summed E-state index contributed by atoms with van der Waals surface area (Å²) >= 11 is 42.6. The molecule has 0 amide bonds. The first-order valence-electron chi connectivity index (χ1n) is 14.1. The van der Waals surface area contributed by atoms with Crippen LogP contribution in [0.15, 0.2) is 60.1 Å². The van der Waals surface area contributed by atoms with Gasteiger partial charge in [0, 0.05) is 24.7 Å². The van der Waals surface area contributed by atoms with E-state index in [4.69, 9.17) is 91.3 Å². The highest BCUT2D eigenvalue weighted by molar-refractivity contribution is 7.73. The monoisotopic (exact) mass is 792 g/mol. The molecule has 4 aromatic rings. The standard InChI is InChI=1S/C30H26Cl6N6O3S2/c1-3-40-20-7-5-6-8-21(20)41(4-2)23(40)14-13-22-25(43)42(28(46)47-22)15-16-44-17-45-19-11-9-18(10-12-19)24-37-26(29(31,32)33)39-27(38-24)30(34,35)36/h5-13,43H,3-4,15-17H2,1-2H3. The number of aromatic nitrogens is 4. The normalized spacial score (nSPS) is 13.1. The van der Waals surface area contributed by atoms with Crippen LogP contribution in [-0.4, -0.2) is 51.1 Å². The molecule has 17 heteroatoms. The fourth-order valence-corrected chi connectivity index (χ4v) is 6.46. The van der Waals surface area contributed by atoms with Crippen LogP contribution in [0, 0.1) is 3.95 Å². The third kappa shape index (κ3) is 8.31. The molecular formula is C30H26Cl6N6O3S2. The zero-order valence-corrected chi connectivity index (χ0v) is 30.9. The molecule has 0 unspecified atom stereocenters. The average Bonchev–Trinajstić information content (AvgIpc) is 3.50. The zero-order valence-electron chi connectivity index (χ0n) is 24.8. The maximum absolute atomic E-state index is 10.9. The minimum absolute atomic E-state index is 0.0444. The third-order valence-electron chi connectivity index (χ3n) is 6.86. The summed E-state index contributed by atoms with van der Waals surface area (Å²) in [6, 6.07) is 15.0. The Labute approximate surface area is 310 Å². The molecule has 248 valence electrons. The second-order valence-corrected chi connectivity index (χ2v) is 16.0. The minimum Gasteiger partial charge on any atom is -0.493 e. The van der Waals surface area contributed by atoms with Crippen molar-refractivity contribution in [3.05, 3.63) is 80.6 Å². The zero-order chi connectivity index (χ0) is 33.9. The Morgan fingerprint density at radius 3 is 2.00 bits per heavy atom. The van der Waals surface area contributed by atoms with Gasteiger partial charge in [0.2, 0.25) is 13.5 Å². The quantitative estimate of drug-likeness (QED) is 0.0555. The van der Waals surface area contributed by atoms with Gasteiger partial charge in [-0.05, 0) is 62.5 Å². The Hall–Kier alpha value is -2.28. The number of rotatable bonds is 10. The number of fused-ring (bicyclic) bond motifs is 1. The van der Waals surface area contributed by atoms with Crippen LogP contribution in [0.3, 0.4) is 0 Å². The first-order valence-corrected chi connectivity index (χ1v) is 17.6. The predicted octanol–water partition coefficient (Wildman–Crippen LogP) is 9.36. The summed E-state index contributed by atoms with van der Waals surface area (Å²) < 4.78 is 9.57. The van der Waals surface area contributed by atoms with E-state index in [2.05, 4.69) is 56.5 Å². The lowest BCUT2D eigenvalue weighted by molar-refractivity contribution is 0.0110. The van der Waals surface area contributed by atoms with E-state index in [0.29, 0.717) is 26.7 Å². The molecule has 1 N–H and O–H groups in total. The van der Waals surface area contributed by atoms with Gasteiger partial charge in [-0.25, -0.2) is 15.0 Å². The number of ether oxygens (including phenoxy) is 2. The third-order valence-corrected chi connectivity index (χ3v) is 9.26. The Morgan fingerprint density at radius 2 is 1.47 bits per heavy atom. The topological polar surface area (TPSA) is 88.8 Å². The van der Waals surface area contributed by atoms with Crippen molar-refractivity contribution in [3.8, 4) is 23.0 Å². The highest BCUT2D eigenvalue weighted by Crippen LogP contribution is 2.42. The number of para-hydroxylation sites is 2. The van der Waals surface area contributed by atoms with Crippen molar-refractivity contribution in [2.45, 2.75) is 28.0 Å². The fraction of sp³-hybridized carbons (Fsp3) is 0.300. The van der Waals surface area contributed by atoms with Crippen molar-refractivity contribution < 1.29 is 14.6 Å². The molecule has 0 saturated heterocycles. The van der Waals surface area contributed by atoms with Crippen molar-refractivity contribution in [1.29, 1.82) is 0 Å². The molecular weight excluding hydrogens is 769 g/mol. The van der Waals surface area contributed by atoms with Gasteiger partial charge < -0.3 is 24.4 Å². The van der Waals surface area contributed by atoms with Gasteiger partial charge >= 0.3 is 0 Å². The molecule has 0 fully saturated rings. The molecule has 1 aliphatic heterocycles. The number of alkyl halides is 6. The van der Waals surface area contributed by atoms with Crippen LogP contribution in [0.5, 0.6) is 11.6 Å². The largest absolute Gasteiger partial charge is 0.493 e. The Morgan fingerprint density at radius 1 is 0.894 bits per heavy atom. The second kappa shape index (κ2) is 15.1. The van der Waals surface area contributed by atoms with Gasteiger partial charge in [0.25, 0.3) is 0 Å². The van der Waals surface area contributed by atoms with E-state index < -0.39 is 7.59 Å².